The lowest BCUT2D eigenvalue weighted by atomic mass is 10.2. The molecule has 20 heavy (non-hydrogen) atoms. The molecular weight excluding hydrogens is 345 g/mol. The highest BCUT2D eigenvalue weighted by Gasteiger charge is 2.15. The van der Waals surface area contributed by atoms with Gasteiger partial charge < -0.3 is 5.73 Å². The van der Waals surface area contributed by atoms with Gasteiger partial charge in [0, 0.05) is 6.07 Å². The minimum absolute atomic E-state index is 0.285. The van der Waals surface area contributed by atoms with E-state index in [0.29, 0.717) is 16.1 Å². The van der Waals surface area contributed by atoms with Gasteiger partial charge in [0.15, 0.2) is 0 Å². The van der Waals surface area contributed by atoms with Crippen molar-refractivity contribution in [2.45, 2.75) is 6.92 Å². The second-order valence-corrected chi connectivity index (χ2v) is 5.67. The summed E-state index contributed by atoms with van der Waals surface area (Å²) in [4.78, 5) is 4.20. The van der Waals surface area contributed by atoms with E-state index in [-0.39, 0.29) is 11.8 Å². The number of hydrogen-bond acceptors (Lipinski definition) is 2. The van der Waals surface area contributed by atoms with Crippen molar-refractivity contribution in [2.24, 2.45) is 0 Å². The molecule has 6 heteroatoms. The lowest BCUT2D eigenvalue weighted by Crippen LogP contribution is -2.01. The fourth-order valence-corrected chi connectivity index (χ4v) is 2.75. The van der Waals surface area contributed by atoms with Crippen molar-refractivity contribution in [3.63, 3.8) is 0 Å². The van der Waals surface area contributed by atoms with Gasteiger partial charge >= 0.3 is 0 Å². The van der Waals surface area contributed by atoms with Gasteiger partial charge in [-0.25, -0.2) is 9.37 Å². The predicted octanol–water partition coefficient (Wildman–Crippen LogP) is 4.47. The fraction of sp³-hybridized carbons (Fsp3) is 0.0714. The maximum Gasteiger partial charge on any atom is 0.205 e. The van der Waals surface area contributed by atoms with Crippen LogP contribution < -0.4 is 5.73 Å². The van der Waals surface area contributed by atoms with Gasteiger partial charge in [0.1, 0.15) is 5.82 Å². The molecule has 1 aromatic heterocycles. The number of aromatic nitrogens is 2. The summed E-state index contributed by atoms with van der Waals surface area (Å²) in [6.45, 7) is 1.70. The van der Waals surface area contributed by atoms with Crippen LogP contribution in [0.15, 0.2) is 34.8 Å². The lowest BCUT2D eigenvalue weighted by Gasteiger charge is -2.10. The smallest absolute Gasteiger partial charge is 0.205 e. The second kappa shape index (κ2) is 4.75. The molecule has 0 atom stereocenters. The van der Waals surface area contributed by atoms with Crippen molar-refractivity contribution in [2.75, 3.05) is 5.73 Å². The summed E-state index contributed by atoms with van der Waals surface area (Å²) in [5.74, 6) is -0.0136. The first kappa shape index (κ1) is 13.4. The summed E-state index contributed by atoms with van der Waals surface area (Å²) < 4.78 is 16.1. The molecule has 0 spiro atoms. The number of aryl methyl sites for hydroxylation is 1. The number of nitrogen functional groups attached to an aromatic ring is 1. The lowest BCUT2D eigenvalue weighted by molar-refractivity contribution is 0.620. The molecule has 0 radical (unpaired) electrons. The van der Waals surface area contributed by atoms with Crippen LogP contribution in [-0.2, 0) is 0 Å². The number of nitrogens with zero attached hydrogens (tertiary/aromatic N) is 2. The number of benzene rings is 2. The zero-order valence-corrected chi connectivity index (χ0v) is 12.8. The first-order valence-corrected chi connectivity index (χ1v) is 7.04. The van der Waals surface area contributed by atoms with Crippen molar-refractivity contribution in [1.82, 2.24) is 9.55 Å². The van der Waals surface area contributed by atoms with E-state index >= 15 is 0 Å². The Balaban J connectivity index is 2.39. The monoisotopic (exact) mass is 353 g/mol. The number of imidazole rings is 1. The van der Waals surface area contributed by atoms with E-state index in [2.05, 4.69) is 20.9 Å². The molecule has 102 valence electrons. The Bertz CT molecular complexity index is 829. The Kier molecular flexibility index (Phi) is 3.18. The Labute approximate surface area is 128 Å². The molecule has 0 bridgehead atoms. The van der Waals surface area contributed by atoms with Crippen molar-refractivity contribution in [3.05, 3.63) is 51.2 Å². The molecule has 0 amide bonds. The van der Waals surface area contributed by atoms with Crippen LogP contribution in [0.3, 0.4) is 0 Å². The molecule has 2 aromatic carbocycles. The highest BCUT2D eigenvalue weighted by atomic mass is 79.9. The average Bonchev–Trinajstić information content (AvgIpc) is 2.69. The molecule has 3 rings (SSSR count). The molecule has 2 N–H and O–H groups in total. The Morgan fingerprint density at radius 2 is 2.10 bits per heavy atom. The van der Waals surface area contributed by atoms with Crippen molar-refractivity contribution in [1.29, 1.82) is 0 Å². The van der Waals surface area contributed by atoms with Gasteiger partial charge in [-0.3, -0.25) is 4.57 Å². The highest BCUT2D eigenvalue weighted by Crippen LogP contribution is 2.33. The first-order chi connectivity index (χ1) is 9.49. The van der Waals surface area contributed by atoms with Crippen molar-refractivity contribution < 1.29 is 4.39 Å². The number of halogens is 3. The zero-order valence-electron chi connectivity index (χ0n) is 10.5. The molecule has 0 fully saturated rings. The van der Waals surface area contributed by atoms with Crippen LogP contribution in [0.1, 0.15) is 5.56 Å². The van der Waals surface area contributed by atoms with E-state index < -0.39 is 0 Å². The molecule has 0 aliphatic heterocycles. The summed E-state index contributed by atoms with van der Waals surface area (Å²) in [6, 6.07) is 8.57. The van der Waals surface area contributed by atoms with Crippen molar-refractivity contribution >= 4 is 44.5 Å². The van der Waals surface area contributed by atoms with Crippen LogP contribution >= 0.6 is 27.5 Å². The van der Waals surface area contributed by atoms with Crippen LogP contribution in [0.2, 0.25) is 5.02 Å². The predicted molar refractivity (Wildman–Crippen MR) is 82.9 cm³/mol. The zero-order chi connectivity index (χ0) is 14.4. The first-order valence-electron chi connectivity index (χ1n) is 5.87. The molecule has 3 aromatic rings. The maximum atomic E-state index is 13.6. The summed E-state index contributed by atoms with van der Waals surface area (Å²) >= 11 is 9.55. The number of hydrogen-bond donors (Lipinski definition) is 1. The quantitative estimate of drug-likeness (QED) is 0.700. The van der Waals surface area contributed by atoms with E-state index in [1.807, 2.05) is 12.1 Å². The van der Waals surface area contributed by atoms with E-state index in [9.17, 15) is 4.39 Å². The maximum absolute atomic E-state index is 13.6. The van der Waals surface area contributed by atoms with E-state index in [1.54, 1.807) is 23.6 Å². The number of fused-ring (bicyclic) bond motifs is 1. The second-order valence-electron chi connectivity index (χ2n) is 4.47. The van der Waals surface area contributed by atoms with Gasteiger partial charge in [-0.15, -0.1) is 0 Å². The molecule has 3 nitrogen and oxygen atoms in total. The van der Waals surface area contributed by atoms with Crippen molar-refractivity contribution in [3.8, 4) is 5.69 Å². The van der Waals surface area contributed by atoms with Crippen LogP contribution in [0.4, 0.5) is 10.3 Å². The molecule has 0 aliphatic carbocycles. The highest BCUT2D eigenvalue weighted by molar-refractivity contribution is 9.10. The number of nitrogens with two attached hydrogens (primary N) is 1. The summed E-state index contributed by atoms with van der Waals surface area (Å²) in [6.07, 6.45) is 0. The van der Waals surface area contributed by atoms with Crippen LogP contribution in [-0.4, -0.2) is 9.55 Å². The van der Waals surface area contributed by atoms with Gasteiger partial charge in [0.25, 0.3) is 0 Å². The van der Waals surface area contributed by atoms with Gasteiger partial charge in [-0.1, -0.05) is 17.7 Å². The average molecular weight is 355 g/mol. The molecule has 0 saturated carbocycles. The number of anilines is 1. The third-order valence-corrected chi connectivity index (χ3v) is 4.51. The Hall–Kier alpha value is -1.59. The summed E-state index contributed by atoms with van der Waals surface area (Å²) in [5.41, 5.74) is 8.53. The summed E-state index contributed by atoms with van der Waals surface area (Å²) in [5, 5.41) is 0.572. The molecule has 0 unspecified atom stereocenters. The van der Waals surface area contributed by atoms with Crippen LogP contribution in [0.5, 0.6) is 0 Å². The van der Waals surface area contributed by atoms with Gasteiger partial charge in [0.05, 0.1) is 26.2 Å². The number of rotatable bonds is 1. The van der Waals surface area contributed by atoms with E-state index in [0.717, 1.165) is 15.7 Å². The minimum Gasteiger partial charge on any atom is -0.369 e. The Morgan fingerprint density at radius 3 is 2.85 bits per heavy atom. The molecular formula is C14H10BrClFN3. The third-order valence-electron chi connectivity index (χ3n) is 3.13. The van der Waals surface area contributed by atoms with E-state index in [4.69, 9.17) is 17.3 Å². The largest absolute Gasteiger partial charge is 0.369 e. The topological polar surface area (TPSA) is 43.8 Å². The van der Waals surface area contributed by atoms with Crippen LogP contribution in [0.25, 0.3) is 16.7 Å². The normalized spacial score (nSPS) is 11.2. The van der Waals surface area contributed by atoms with Gasteiger partial charge in [-0.05, 0) is 46.6 Å². The SMILES string of the molecule is Cc1cc2c(cc1F)nc(N)n2-c1cccc(Cl)c1Br. The van der Waals surface area contributed by atoms with Crippen LogP contribution in [0, 0.1) is 12.7 Å². The molecule has 0 saturated heterocycles. The Morgan fingerprint density at radius 1 is 1.35 bits per heavy atom. The van der Waals surface area contributed by atoms with E-state index in [1.165, 1.54) is 6.07 Å². The minimum atomic E-state index is -0.299. The fourth-order valence-electron chi connectivity index (χ4n) is 2.14. The molecule has 1 heterocycles. The standard InChI is InChI=1S/C14H10BrClFN3/c1-7-5-12-10(6-9(7)17)19-14(18)20(12)11-4-2-3-8(16)13(11)15/h2-6H,1H3,(H2,18,19). The van der Waals surface area contributed by atoms with Gasteiger partial charge in [-0.2, -0.15) is 0 Å². The third kappa shape index (κ3) is 1.98. The summed E-state index contributed by atoms with van der Waals surface area (Å²) in [7, 11) is 0. The van der Waals surface area contributed by atoms with Gasteiger partial charge in [0.2, 0.25) is 5.95 Å². The molecule has 0 aliphatic rings.